The fourth-order valence-corrected chi connectivity index (χ4v) is 3.28. The minimum atomic E-state index is -0.230. The van der Waals surface area contributed by atoms with Crippen LogP contribution < -0.4 is 9.80 Å². The molecule has 5 heteroatoms. The minimum Gasteiger partial charge on any atom is -0.369 e. The van der Waals surface area contributed by atoms with Gasteiger partial charge in [-0.2, -0.15) is 12.6 Å². The Morgan fingerprint density at radius 1 is 1.30 bits per heavy atom. The summed E-state index contributed by atoms with van der Waals surface area (Å²) in [5, 5.41) is 0. The van der Waals surface area contributed by atoms with Crippen LogP contribution in [-0.4, -0.2) is 31.3 Å². The van der Waals surface area contributed by atoms with Crippen LogP contribution in [0, 0.1) is 11.7 Å². The largest absolute Gasteiger partial charge is 0.369 e. The van der Waals surface area contributed by atoms with Gasteiger partial charge in [0.05, 0.1) is 5.69 Å². The number of hydrogen-bond acceptors (Lipinski definition) is 3. The van der Waals surface area contributed by atoms with E-state index in [2.05, 4.69) is 17.5 Å². The molecule has 1 unspecified atom stereocenters. The van der Waals surface area contributed by atoms with Gasteiger partial charge < -0.3 is 9.80 Å². The number of carbonyl (C=O) groups is 1. The standard InChI is InChI=1S/C15H19FN2OS/c16-13-8-12(18-9-11(10-20)7-15(18)19)3-4-14(13)17-5-1-2-6-17/h3-4,8,11,20H,1-2,5-7,9-10H2. The SMILES string of the molecule is O=C1CC(CS)CN1c1ccc(N2CCCC2)c(F)c1. The van der Waals surface area contributed by atoms with Crippen molar-refractivity contribution in [1.82, 2.24) is 0 Å². The molecule has 2 fully saturated rings. The van der Waals surface area contributed by atoms with E-state index in [1.54, 1.807) is 11.0 Å². The molecule has 108 valence electrons. The monoisotopic (exact) mass is 294 g/mol. The van der Waals surface area contributed by atoms with Gasteiger partial charge in [0.1, 0.15) is 5.82 Å². The van der Waals surface area contributed by atoms with E-state index in [0.29, 0.717) is 30.1 Å². The Bertz CT molecular complexity index is 517. The fourth-order valence-electron chi connectivity index (χ4n) is 3.03. The zero-order chi connectivity index (χ0) is 14.1. The van der Waals surface area contributed by atoms with Gasteiger partial charge in [-0.25, -0.2) is 4.39 Å². The summed E-state index contributed by atoms with van der Waals surface area (Å²) in [6, 6.07) is 5.15. The van der Waals surface area contributed by atoms with Gasteiger partial charge in [0.2, 0.25) is 5.91 Å². The second-order valence-corrected chi connectivity index (χ2v) is 5.95. The normalized spacial score (nSPS) is 22.9. The minimum absolute atomic E-state index is 0.0670. The summed E-state index contributed by atoms with van der Waals surface area (Å²) < 4.78 is 14.3. The van der Waals surface area contributed by atoms with Gasteiger partial charge in [-0.3, -0.25) is 4.79 Å². The first-order valence-corrected chi connectivity index (χ1v) is 7.78. The highest BCUT2D eigenvalue weighted by molar-refractivity contribution is 7.80. The smallest absolute Gasteiger partial charge is 0.227 e. The fraction of sp³-hybridized carbons (Fsp3) is 0.533. The summed E-state index contributed by atoms with van der Waals surface area (Å²) in [4.78, 5) is 15.7. The number of halogens is 1. The molecule has 0 aliphatic carbocycles. The Morgan fingerprint density at radius 2 is 2.05 bits per heavy atom. The Morgan fingerprint density at radius 3 is 2.65 bits per heavy atom. The van der Waals surface area contributed by atoms with Crippen LogP contribution in [0.25, 0.3) is 0 Å². The van der Waals surface area contributed by atoms with E-state index in [9.17, 15) is 9.18 Å². The lowest BCUT2D eigenvalue weighted by molar-refractivity contribution is -0.117. The molecular formula is C15H19FN2OS. The van der Waals surface area contributed by atoms with Gasteiger partial charge in [-0.1, -0.05) is 0 Å². The summed E-state index contributed by atoms with van der Waals surface area (Å²) in [6.07, 6.45) is 2.75. The lowest BCUT2D eigenvalue weighted by Gasteiger charge is -2.21. The highest BCUT2D eigenvalue weighted by atomic mass is 32.1. The van der Waals surface area contributed by atoms with Crippen molar-refractivity contribution in [3.05, 3.63) is 24.0 Å². The van der Waals surface area contributed by atoms with Crippen LogP contribution >= 0.6 is 12.6 Å². The quantitative estimate of drug-likeness (QED) is 0.867. The molecule has 20 heavy (non-hydrogen) atoms. The zero-order valence-corrected chi connectivity index (χ0v) is 12.3. The van der Waals surface area contributed by atoms with E-state index >= 15 is 0 Å². The third-order valence-corrected chi connectivity index (χ3v) is 4.67. The van der Waals surface area contributed by atoms with Crippen LogP contribution in [0.1, 0.15) is 19.3 Å². The molecule has 0 aromatic heterocycles. The first-order chi connectivity index (χ1) is 9.69. The molecule has 1 atom stereocenters. The van der Waals surface area contributed by atoms with Gasteiger partial charge in [-0.15, -0.1) is 0 Å². The summed E-state index contributed by atoms with van der Waals surface area (Å²) in [5.41, 5.74) is 1.32. The van der Waals surface area contributed by atoms with E-state index in [1.807, 2.05) is 6.07 Å². The van der Waals surface area contributed by atoms with Gasteiger partial charge >= 0.3 is 0 Å². The third kappa shape index (κ3) is 2.51. The van der Waals surface area contributed by atoms with E-state index in [4.69, 9.17) is 0 Å². The molecule has 1 amide bonds. The van der Waals surface area contributed by atoms with Crippen molar-refractivity contribution in [2.75, 3.05) is 35.2 Å². The van der Waals surface area contributed by atoms with Gasteiger partial charge in [0.15, 0.2) is 0 Å². The van der Waals surface area contributed by atoms with Crippen LogP contribution in [0.2, 0.25) is 0 Å². The number of anilines is 2. The summed E-state index contributed by atoms with van der Waals surface area (Å²) in [6.45, 7) is 2.48. The number of carbonyl (C=O) groups excluding carboxylic acids is 1. The highest BCUT2D eigenvalue weighted by Crippen LogP contribution is 2.31. The maximum atomic E-state index is 14.3. The van der Waals surface area contributed by atoms with Crippen molar-refractivity contribution in [1.29, 1.82) is 0 Å². The lowest BCUT2D eigenvalue weighted by Crippen LogP contribution is -2.25. The Hall–Kier alpha value is -1.23. The molecule has 3 nitrogen and oxygen atoms in total. The van der Waals surface area contributed by atoms with Gasteiger partial charge in [-0.05, 0) is 42.7 Å². The van der Waals surface area contributed by atoms with Crippen LogP contribution in [0.3, 0.4) is 0 Å². The first-order valence-electron chi connectivity index (χ1n) is 7.15. The van der Waals surface area contributed by atoms with E-state index in [1.165, 1.54) is 6.07 Å². The highest BCUT2D eigenvalue weighted by Gasteiger charge is 2.30. The molecule has 1 aromatic carbocycles. The molecule has 0 saturated carbocycles. The van der Waals surface area contributed by atoms with E-state index in [-0.39, 0.29) is 17.6 Å². The number of hydrogen-bond donors (Lipinski definition) is 1. The average Bonchev–Trinajstić information content (AvgIpc) is 3.07. The number of thiol groups is 1. The number of amides is 1. The second kappa shape index (κ2) is 5.64. The third-order valence-electron chi connectivity index (χ3n) is 4.15. The molecule has 2 aliphatic heterocycles. The molecule has 2 aliphatic rings. The lowest BCUT2D eigenvalue weighted by atomic mass is 10.1. The van der Waals surface area contributed by atoms with Crippen LogP contribution in [0.15, 0.2) is 18.2 Å². The van der Waals surface area contributed by atoms with Crippen molar-refractivity contribution in [3.63, 3.8) is 0 Å². The molecule has 2 heterocycles. The molecular weight excluding hydrogens is 275 g/mol. The first kappa shape index (κ1) is 13.7. The molecule has 0 bridgehead atoms. The topological polar surface area (TPSA) is 23.6 Å². The average molecular weight is 294 g/mol. The molecule has 0 N–H and O–H groups in total. The maximum Gasteiger partial charge on any atom is 0.227 e. The maximum absolute atomic E-state index is 14.3. The molecule has 1 aromatic rings. The van der Waals surface area contributed by atoms with E-state index in [0.717, 1.165) is 25.9 Å². The summed E-state index contributed by atoms with van der Waals surface area (Å²) in [7, 11) is 0. The second-order valence-electron chi connectivity index (χ2n) is 5.59. The van der Waals surface area contributed by atoms with Crippen molar-refractivity contribution in [3.8, 4) is 0 Å². The predicted octanol–water partition coefficient (Wildman–Crippen LogP) is 2.71. The number of rotatable bonds is 3. The number of nitrogens with zero attached hydrogens (tertiary/aromatic N) is 2. The Kier molecular flexibility index (Phi) is 3.87. The molecule has 0 spiro atoms. The zero-order valence-electron chi connectivity index (χ0n) is 11.4. The van der Waals surface area contributed by atoms with Crippen LogP contribution in [-0.2, 0) is 4.79 Å². The summed E-state index contributed by atoms with van der Waals surface area (Å²) in [5.74, 6) is 0.799. The van der Waals surface area contributed by atoms with Crippen LogP contribution in [0.4, 0.5) is 15.8 Å². The van der Waals surface area contributed by atoms with Crippen molar-refractivity contribution < 1.29 is 9.18 Å². The van der Waals surface area contributed by atoms with Gasteiger partial charge in [0.25, 0.3) is 0 Å². The summed E-state index contributed by atoms with van der Waals surface area (Å²) >= 11 is 4.25. The van der Waals surface area contributed by atoms with Crippen molar-refractivity contribution in [2.24, 2.45) is 5.92 Å². The molecule has 3 rings (SSSR count). The predicted molar refractivity (Wildman–Crippen MR) is 82.2 cm³/mol. The van der Waals surface area contributed by atoms with Crippen molar-refractivity contribution in [2.45, 2.75) is 19.3 Å². The Labute approximate surface area is 124 Å². The molecule has 0 radical (unpaired) electrons. The molecule has 2 saturated heterocycles. The number of benzene rings is 1. The van der Waals surface area contributed by atoms with Crippen LogP contribution in [0.5, 0.6) is 0 Å². The van der Waals surface area contributed by atoms with Gasteiger partial charge in [0, 0.05) is 31.7 Å². The van der Waals surface area contributed by atoms with E-state index < -0.39 is 0 Å². The van der Waals surface area contributed by atoms with Crippen molar-refractivity contribution >= 4 is 29.9 Å². The Balaban J connectivity index is 1.81.